The van der Waals surface area contributed by atoms with Gasteiger partial charge in [0.15, 0.2) is 5.96 Å². The number of methoxy groups -OCH3 is 1. The van der Waals surface area contributed by atoms with Gasteiger partial charge >= 0.3 is 0 Å². The van der Waals surface area contributed by atoms with E-state index in [1.807, 2.05) is 36.2 Å². The van der Waals surface area contributed by atoms with E-state index in [0.717, 1.165) is 57.3 Å². The molecule has 1 aliphatic heterocycles. The number of rotatable bonds is 11. The molecule has 9 nitrogen and oxygen atoms in total. The molecule has 1 fully saturated rings. The first kappa shape index (κ1) is 24.7. The normalized spacial score (nSPS) is 14.8. The molecule has 1 aromatic rings. The molecular formula is C22H37N5O4. The molecule has 9 heteroatoms. The zero-order valence-corrected chi connectivity index (χ0v) is 19.3. The number of likely N-dealkylation sites (N-methyl/N-ethyl adjacent to an activating group) is 2. The van der Waals surface area contributed by atoms with Crippen LogP contribution in [-0.4, -0.2) is 114 Å². The Kier molecular flexibility index (Phi) is 10.9. The lowest BCUT2D eigenvalue weighted by molar-refractivity contribution is -0.127. The average Bonchev–Trinajstić information content (AvgIpc) is 2.79. The molecule has 1 saturated heterocycles. The quantitative estimate of drug-likeness (QED) is 0.312. The summed E-state index contributed by atoms with van der Waals surface area (Å²) in [5.74, 6) is 2.26. The van der Waals surface area contributed by atoms with Crippen molar-refractivity contribution in [3.63, 3.8) is 0 Å². The number of hydrogen-bond acceptors (Lipinski definition) is 6. The summed E-state index contributed by atoms with van der Waals surface area (Å²) in [5.41, 5.74) is 0. The number of carbonyl (C=O) groups excluding carboxylic acids is 1. The predicted molar refractivity (Wildman–Crippen MR) is 122 cm³/mol. The maximum Gasteiger partial charge on any atom is 0.243 e. The van der Waals surface area contributed by atoms with Gasteiger partial charge in [-0.25, -0.2) is 4.99 Å². The highest BCUT2D eigenvalue weighted by Crippen LogP contribution is 2.16. The van der Waals surface area contributed by atoms with Crippen molar-refractivity contribution in [2.75, 3.05) is 87.3 Å². The van der Waals surface area contributed by atoms with Crippen LogP contribution >= 0.6 is 0 Å². The molecule has 31 heavy (non-hydrogen) atoms. The number of morpholine rings is 1. The number of aliphatic imine (C=N–C) groups is 1. The predicted octanol–water partition coefficient (Wildman–Crippen LogP) is 0.762. The van der Waals surface area contributed by atoms with Crippen LogP contribution in [0.15, 0.2) is 29.3 Å². The number of carbonyl (C=O) groups is 1. The summed E-state index contributed by atoms with van der Waals surface area (Å²) in [6.07, 6.45) is 0.997. The summed E-state index contributed by atoms with van der Waals surface area (Å²) in [4.78, 5) is 22.4. The van der Waals surface area contributed by atoms with Gasteiger partial charge in [-0.1, -0.05) is 0 Å². The van der Waals surface area contributed by atoms with Gasteiger partial charge in [-0.2, -0.15) is 0 Å². The number of nitrogens with zero attached hydrogens (tertiary/aromatic N) is 4. The zero-order valence-electron chi connectivity index (χ0n) is 19.3. The fourth-order valence-electron chi connectivity index (χ4n) is 3.00. The lowest BCUT2D eigenvalue weighted by atomic mass is 10.3. The number of guanidine groups is 1. The molecule has 0 radical (unpaired) electrons. The van der Waals surface area contributed by atoms with Crippen molar-refractivity contribution in [2.45, 2.75) is 6.42 Å². The van der Waals surface area contributed by atoms with E-state index in [2.05, 4.69) is 15.2 Å². The Labute approximate surface area is 185 Å². The Bertz CT molecular complexity index is 675. The van der Waals surface area contributed by atoms with E-state index < -0.39 is 0 Å². The fourth-order valence-corrected chi connectivity index (χ4v) is 3.00. The molecule has 174 valence electrons. The standard InChI is InChI=1S/C22H37N5O4/c1-25(2)21(28)18-24-22(23-10-5-11-27-13-15-30-16-14-27)26(3)12-17-31-20-8-6-19(29-4)7-9-20/h6-9H,5,10-18H2,1-4H3,(H,23,24). The molecule has 0 aromatic heterocycles. The maximum absolute atomic E-state index is 12.0. The topological polar surface area (TPSA) is 78.9 Å². The van der Waals surface area contributed by atoms with E-state index in [1.54, 1.807) is 26.1 Å². The summed E-state index contributed by atoms with van der Waals surface area (Å²) in [5, 5.41) is 3.39. The Morgan fingerprint density at radius 1 is 1.16 bits per heavy atom. The van der Waals surface area contributed by atoms with E-state index in [1.165, 1.54) is 0 Å². The highest BCUT2D eigenvalue weighted by Gasteiger charge is 2.12. The van der Waals surface area contributed by atoms with Gasteiger partial charge in [0.25, 0.3) is 0 Å². The first-order valence-corrected chi connectivity index (χ1v) is 10.8. The van der Waals surface area contributed by atoms with Crippen LogP contribution < -0.4 is 14.8 Å². The van der Waals surface area contributed by atoms with Gasteiger partial charge in [0.2, 0.25) is 5.91 Å². The third kappa shape index (κ3) is 9.44. The van der Waals surface area contributed by atoms with Gasteiger partial charge in [-0.15, -0.1) is 0 Å². The minimum absolute atomic E-state index is 0.0319. The molecule has 0 spiro atoms. The number of benzene rings is 1. The number of hydrogen-bond donors (Lipinski definition) is 1. The molecule has 1 aliphatic rings. The summed E-state index contributed by atoms with van der Waals surface area (Å²) in [6, 6.07) is 7.50. The molecule has 1 heterocycles. The molecule has 0 saturated carbocycles. The van der Waals surface area contributed by atoms with Gasteiger partial charge in [0, 0.05) is 40.8 Å². The van der Waals surface area contributed by atoms with Crippen LogP contribution in [-0.2, 0) is 9.53 Å². The van der Waals surface area contributed by atoms with Crippen molar-refractivity contribution in [3.05, 3.63) is 24.3 Å². The van der Waals surface area contributed by atoms with Crippen LogP contribution in [0.3, 0.4) is 0 Å². The Morgan fingerprint density at radius 2 is 1.84 bits per heavy atom. The minimum Gasteiger partial charge on any atom is -0.497 e. The highest BCUT2D eigenvalue weighted by molar-refractivity contribution is 5.84. The number of nitrogens with one attached hydrogen (secondary N) is 1. The summed E-state index contributed by atoms with van der Waals surface area (Å²) in [7, 11) is 7.06. The van der Waals surface area contributed by atoms with Crippen LogP contribution in [0.4, 0.5) is 0 Å². The first-order chi connectivity index (χ1) is 15.0. The van der Waals surface area contributed by atoms with Gasteiger partial charge in [0.05, 0.1) is 26.9 Å². The summed E-state index contributed by atoms with van der Waals surface area (Å²) in [6.45, 7) is 6.65. The second kappa shape index (κ2) is 13.7. The van der Waals surface area contributed by atoms with Crippen LogP contribution in [0.25, 0.3) is 0 Å². The van der Waals surface area contributed by atoms with E-state index in [4.69, 9.17) is 14.2 Å². The molecule has 0 unspecified atom stereocenters. The van der Waals surface area contributed by atoms with Crippen molar-refractivity contribution in [2.24, 2.45) is 4.99 Å². The smallest absolute Gasteiger partial charge is 0.243 e. The second-order valence-electron chi connectivity index (χ2n) is 7.61. The van der Waals surface area contributed by atoms with Crippen molar-refractivity contribution in [1.29, 1.82) is 0 Å². The largest absolute Gasteiger partial charge is 0.497 e. The van der Waals surface area contributed by atoms with Gasteiger partial charge in [0.1, 0.15) is 24.7 Å². The average molecular weight is 436 g/mol. The van der Waals surface area contributed by atoms with Crippen LogP contribution in [0.2, 0.25) is 0 Å². The third-order valence-electron chi connectivity index (χ3n) is 5.02. The van der Waals surface area contributed by atoms with E-state index in [-0.39, 0.29) is 12.5 Å². The minimum atomic E-state index is -0.0319. The SMILES string of the molecule is COc1ccc(OCCN(C)C(=NCC(=O)N(C)C)NCCCN2CCOCC2)cc1. The molecule has 0 atom stereocenters. The van der Waals surface area contributed by atoms with Gasteiger partial charge in [-0.3, -0.25) is 9.69 Å². The van der Waals surface area contributed by atoms with Crippen molar-refractivity contribution >= 4 is 11.9 Å². The molecule has 0 bridgehead atoms. The molecule has 1 N–H and O–H groups in total. The Balaban J connectivity index is 1.81. The van der Waals surface area contributed by atoms with E-state index in [9.17, 15) is 4.79 Å². The molecule has 1 amide bonds. The Hall–Kier alpha value is -2.52. The summed E-state index contributed by atoms with van der Waals surface area (Å²) < 4.78 is 16.4. The summed E-state index contributed by atoms with van der Waals surface area (Å²) >= 11 is 0. The molecule has 2 rings (SSSR count). The molecule has 0 aliphatic carbocycles. The number of ether oxygens (including phenoxy) is 3. The monoisotopic (exact) mass is 435 g/mol. The van der Waals surface area contributed by atoms with Crippen molar-refractivity contribution in [3.8, 4) is 11.5 Å². The van der Waals surface area contributed by atoms with Gasteiger partial charge in [-0.05, 0) is 37.2 Å². The zero-order chi connectivity index (χ0) is 22.5. The highest BCUT2D eigenvalue weighted by atomic mass is 16.5. The van der Waals surface area contributed by atoms with E-state index >= 15 is 0 Å². The van der Waals surface area contributed by atoms with Gasteiger partial charge < -0.3 is 29.3 Å². The second-order valence-corrected chi connectivity index (χ2v) is 7.61. The molecule has 1 aromatic carbocycles. The first-order valence-electron chi connectivity index (χ1n) is 10.8. The van der Waals surface area contributed by atoms with Crippen molar-refractivity contribution in [1.82, 2.24) is 20.0 Å². The molecular weight excluding hydrogens is 398 g/mol. The van der Waals surface area contributed by atoms with Crippen LogP contribution in [0.5, 0.6) is 11.5 Å². The van der Waals surface area contributed by atoms with E-state index in [0.29, 0.717) is 19.1 Å². The maximum atomic E-state index is 12.0. The number of amides is 1. The van der Waals surface area contributed by atoms with Crippen LogP contribution in [0, 0.1) is 0 Å². The van der Waals surface area contributed by atoms with Crippen molar-refractivity contribution < 1.29 is 19.0 Å². The lowest BCUT2D eigenvalue weighted by Gasteiger charge is -2.27. The third-order valence-corrected chi connectivity index (χ3v) is 5.02. The Morgan fingerprint density at radius 3 is 2.48 bits per heavy atom. The fraction of sp³-hybridized carbons (Fsp3) is 0.636. The lowest BCUT2D eigenvalue weighted by Crippen LogP contribution is -2.43. The van der Waals surface area contributed by atoms with Crippen LogP contribution in [0.1, 0.15) is 6.42 Å².